The molecule has 3 aromatic rings. The van der Waals surface area contributed by atoms with Crippen LogP contribution in [0, 0.1) is 20.2 Å². The molecule has 0 radical (unpaired) electrons. The minimum Gasteiger partial charge on any atom is -0.339 e. The molecule has 3 rings (SSSR count). The number of carbonyl (C=O) groups is 1. The van der Waals surface area contributed by atoms with E-state index in [0.29, 0.717) is 11.3 Å². The zero-order chi connectivity index (χ0) is 21.7. The van der Waals surface area contributed by atoms with Crippen LogP contribution in [0.2, 0.25) is 0 Å². The highest BCUT2D eigenvalue weighted by atomic mass is 16.6. The number of hydrogen-bond acceptors (Lipinski definition) is 6. The summed E-state index contributed by atoms with van der Waals surface area (Å²) in [5.41, 5.74) is 1.80. The predicted molar refractivity (Wildman–Crippen MR) is 114 cm³/mol. The first-order valence-corrected chi connectivity index (χ1v) is 8.91. The Labute approximate surface area is 172 Å². The summed E-state index contributed by atoms with van der Waals surface area (Å²) in [5, 5.41) is 22.3. The van der Waals surface area contributed by atoms with Gasteiger partial charge in [0.1, 0.15) is 5.69 Å². The van der Waals surface area contributed by atoms with E-state index in [1.54, 1.807) is 24.1 Å². The van der Waals surface area contributed by atoms with Gasteiger partial charge >= 0.3 is 0 Å². The minimum absolute atomic E-state index is 0.0914. The van der Waals surface area contributed by atoms with Crippen LogP contribution in [0.25, 0.3) is 6.08 Å². The third-order valence-corrected chi connectivity index (χ3v) is 4.49. The fourth-order valence-corrected chi connectivity index (χ4v) is 2.88. The Morgan fingerprint density at radius 3 is 2.17 bits per heavy atom. The number of ketones is 1. The maximum absolute atomic E-state index is 12.3. The summed E-state index contributed by atoms with van der Waals surface area (Å²) in [6.07, 6.45) is 2.75. The normalized spacial score (nSPS) is 10.7. The van der Waals surface area contributed by atoms with E-state index in [1.807, 2.05) is 30.3 Å². The lowest BCUT2D eigenvalue weighted by Crippen LogP contribution is -2.11. The first-order chi connectivity index (χ1) is 14.4. The number of rotatable bonds is 7. The van der Waals surface area contributed by atoms with Gasteiger partial charge in [-0.25, -0.2) is 0 Å². The molecule has 0 N–H and O–H groups in total. The molecular formula is C22H17N3O5. The molecule has 0 atom stereocenters. The van der Waals surface area contributed by atoms with E-state index < -0.39 is 9.85 Å². The van der Waals surface area contributed by atoms with Crippen molar-refractivity contribution >= 4 is 34.6 Å². The summed E-state index contributed by atoms with van der Waals surface area (Å²) in [5.74, 6) is -0.363. The molecule has 0 unspecified atom stereocenters. The van der Waals surface area contributed by atoms with Gasteiger partial charge in [-0.15, -0.1) is 0 Å². The Kier molecular flexibility index (Phi) is 5.97. The van der Waals surface area contributed by atoms with Gasteiger partial charge in [0.25, 0.3) is 11.4 Å². The summed E-state index contributed by atoms with van der Waals surface area (Å²) in [6, 6.07) is 19.2. The van der Waals surface area contributed by atoms with Crippen LogP contribution < -0.4 is 4.90 Å². The van der Waals surface area contributed by atoms with Crippen molar-refractivity contribution in [3.63, 3.8) is 0 Å². The van der Waals surface area contributed by atoms with Crippen molar-refractivity contribution in [2.24, 2.45) is 0 Å². The summed E-state index contributed by atoms with van der Waals surface area (Å²) >= 11 is 0. The summed E-state index contributed by atoms with van der Waals surface area (Å²) in [4.78, 5) is 35.3. The zero-order valence-electron chi connectivity index (χ0n) is 16.0. The third kappa shape index (κ3) is 4.56. The van der Waals surface area contributed by atoms with Gasteiger partial charge in [0.05, 0.1) is 9.85 Å². The lowest BCUT2D eigenvalue weighted by molar-refractivity contribution is -0.384. The van der Waals surface area contributed by atoms with E-state index >= 15 is 0 Å². The van der Waals surface area contributed by atoms with Crippen LogP contribution in [-0.2, 0) is 0 Å². The van der Waals surface area contributed by atoms with Crippen LogP contribution in [0.4, 0.5) is 22.7 Å². The van der Waals surface area contributed by atoms with Gasteiger partial charge in [-0.3, -0.25) is 25.0 Å². The summed E-state index contributed by atoms with van der Waals surface area (Å²) < 4.78 is 0. The average Bonchev–Trinajstić information content (AvgIpc) is 2.77. The van der Waals surface area contributed by atoms with E-state index in [4.69, 9.17) is 0 Å². The Bertz CT molecular complexity index is 1130. The molecule has 8 nitrogen and oxygen atoms in total. The molecule has 0 aliphatic rings. The average molecular weight is 403 g/mol. The zero-order valence-corrected chi connectivity index (χ0v) is 16.0. The molecule has 0 heterocycles. The molecule has 8 heteroatoms. The molecule has 0 fully saturated rings. The Morgan fingerprint density at radius 1 is 0.900 bits per heavy atom. The number of nitro benzene ring substituents is 2. The molecule has 0 aliphatic carbocycles. The van der Waals surface area contributed by atoms with Gasteiger partial charge in [0.15, 0.2) is 5.78 Å². The molecule has 150 valence electrons. The van der Waals surface area contributed by atoms with Crippen LogP contribution in [0.5, 0.6) is 0 Å². The van der Waals surface area contributed by atoms with Crippen molar-refractivity contribution in [3.8, 4) is 0 Å². The van der Waals surface area contributed by atoms with Gasteiger partial charge in [-0.2, -0.15) is 0 Å². The number of nitro groups is 2. The van der Waals surface area contributed by atoms with E-state index in [0.717, 1.165) is 5.69 Å². The number of non-ortho nitro benzene ring substituents is 1. The van der Waals surface area contributed by atoms with Crippen LogP contribution in [-0.4, -0.2) is 22.7 Å². The second-order valence-electron chi connectivity index (χ2n) is 6.40. The van der Waals surface area contributed by atoms with E-state index in [-0.39, 0.29) is 22.7 Å². The van der Waals surface area contributed by atoms with Crippen LogP contribution >= 0.6 is 0 Å². The SMILES string of the molecule is CN(c1ccccc1)c1ccc(/C=C/C(=O)c2ccc([N+](=O)[O-])cc2)cc1[N+](=O)[O-]. The first kappa shape index (κ1) is 20.4. The highest BCUT2D eigenvalue weighted by Gasteiger charge is 2.18. The number of para-hydroxylation sites is 1. The van der Waals surface area contributed by atoms with Crippen molar-refractivity contribution in [3.05, 3.63) is 110 Å². The standard InChI is InChI=1S/C22H17N3O5/c1-23(18-5-3-2-4-6-18)20-13-7-16(15-21(20)25(29)30)8-14-22(26)17-9-11-19(12-10-17)24(27)28/h2-15H,1H3/b14-8+. The number of hydrogen-bond donors (Lipinski definition) is 0. The molecule has 0 spiro atoms. The number of nitrogens with zero attached hydrogens (tertiary/aromatic N) is 3. The largest absolute Gasteiger partial charge is 0.339 e. The molecule has 0 saturated heterocycles. The fraction of sp³-hybridized carbons (Fsp3) is 0.0455. The molecule has 3 aromatic carbocycles. The molecule has 0 bridgehead atoms. The minimum atomic E-state index is -0.544. The molecule has 0 amide bonds. The maximum Gasteiger partial charge on any atom is 0.293 e. The Hall–Kier alpha value is -4.33. The number of anilines is 2. The summed E-state index contributed by atoms with van der Waals surface area (Å²) in [6.45, 7) is 0. The Balaban J connectivity index is 1.84. The highest BCUT2D eigenvalue weighted by molar-refractivity contribution is 6.07. The van der Waals surface area contributed by atoms with E-state index in [1.165, 1.54) is 42.5 Å². The molecule has 0 aromatic heterocycles. The van der Waals surface area contributed by atoms with Gasteiger partial charge in [0.2, 0.25) is 0 Å². The monoisotopic (exact) mass is 403 g/mol. The van der Waals surface area contributed by atoms with Crippen LogP contribution in [0.3, 0.4) is 0 Å². The van der Waals surface area contributed by atoms with Crippen LogP contribution in [0.1, 0.15) is 15.9 Å². The number of allylic oxidation sites excluding steroid dienone is 1. The smallest absolute Gasteiger partial charge is 0.293 e. The van der Waals surface area contributed by atoms with Gasteiger partial charge in [-0.1, -0.05) is 30.3 Å². The van der Waals surface area contributed by atoms with Crippen molar-refractivity contribution in [1.82, 2.24) is 0 Å². The van der Waals surface area contributed by atoms with Gasteiger partial charge in [0, 0.05) is 36.5 Å². The molecule has 30 heavy (non-hydrogen) atoms. The predicted octanol–water partition coefficient (Wildman–Crippen LogP) is 5.17. The first-order valence-electron chi connectivity index (χ1n) is 8.91. The van der Waals surface area contributed by atoms with Crippen LogP contribution in [0.15, 0.2) is 78.9 Å². The van der Waals surface area contributed by atoms with Gasteiger partial charge in [-0.05, 0) is 42.0 Å². The molecule has 0 saturated carbocycles. The molecular weight excluding hydrogens is 386 g/mol. The van der Waals surface area contributed by atoms with E-state index in [2.05, 4.69) is 0 Å². The lowest BCUT2D eigenvalue weighted by Gasteiger charge is -2.19. The Morgan fingerprint density at radius 2 is 1.57 bits per heavy atom. The van der Waals surface area contributed by atoms with Crippen molar-refractivity contribution in [1.29, 1.82) is 0 Å². The highest BCUT2D eigenvalue weighted by Crippen LogP contribution is 2.33. The lowest BCUT2D eigenvalue weighted by atomic mass is 10.1. The number of carbonyl (C=O) groups excluding carboxylic acids is 1. The topological polar surface area (TPSA) is 107 Å². The summed E-state index contributed by atoms with van der Waals surface area (Å²) in [7, 11) is 1.74. The fourth-order valence-electron chi connectivity index (χ4n) is 2.88. The van der Waals surface area contributed by atoms with Gasteiger partial charge < -0.3 is 4.90 Å². The quantitative estimate of drug-likeness (QED) is 0.233. The van der Waals surface area contributed by atoms with Crippen molar-refractivity contribution < 1.29 is 14.6 Å². The molecule has 0 aliphatic heterocycles. The maximum atomic E-state index is 12.3. The van der Waals surface area contributed by atoms with Crippen molar-refractivity contribution in [2.75, 3.05) is 11.9 Å². The van der Waals surface area contributed by atoms with Crippen molar-refractivity contribution in [2.45, 2.75) is 0 Å². The second-order valence-corrected chi connectivity index (χ2v) is 6.40. The van der Waals surface area contributed by atoms with E-state index in [9.17, 15) is 25.0 Å². The second kappa shape index (κ2) is 8.78. The third-order valence-electron chi connectivity index (χ3n) is 4.49. The number of benzene rings is 3.